The van der Waals surface area contributed by atoms with Gasteiger partial charge in [-0.1, -0.05) is 27.7 Å². The van der Waals surface area contributed by atoms with E-state index in [4.69, 9.17) is 4.74 Å². The van der Waals surface area contributed by atoms with Crippen LogP contribution in [0.25, 0.3) is 22.3 Å². The standard InChI is InChI=1S/C41H53F4N5O4/c1-6-27(7-2)50-20-33(31-13-12-30(18-34(31)50)54-29-10-8-28(9-11-29)49-21-40(44,45)22-49)36-46-19-32(35(47-36)39(5,42)43)37(51)48-41(38(52)53)24(4)16-25-14-23(3)15-26(41)17-25/h12-13,18-20,23-29H,6-11,14-17,21-22H2,1-5H3,(H,48,51)(H,52,53)/t23?,24?,25?,26?,28-,29-,41?. The number of nitrogens with zero attached hydrogens (tertiary/aromatic N) is 4. The Hall–Kier alpha value is -3.74. The van der Waals surface area contributed by atoms with E-state index in [2.05, 4.69) is 40.6 Å². The summed E-state index contributed by atoms with van der Waals surface area (Å²) in [5.41, 5.74) is -1.43. The maximum Gasteiger partial charge on any atom is 0.329 e. The minimum Gasteiger partial charge on any atom is -0.490 e. The summed E-state index contributed by atoms with van der Waals surface area (Å²) in [6, 6.07) is 5.90. The average Bonchev–Trinajstić information content (AvgIpc) is 3.47. The lowest BCUT2D eigenvalue weighted by Crippen LogP contribution is -2.66. The van der Waals surface area contributed by atoms with Gasteiger partial charge in [0.15, 0.2) is 5.82 Å². The fraction of sp³-hybridized carbons (Fsp3) is 0.659. The molecule has 2 aromatic heterocycles. The summed E-state index contributed by atoms with van der Waals surface area (Å²) >= 11 is 0. The lowest BCUT2D eigenvalue weighted by Gasteiger charge is -2.52. The van der Waals surface area contributed by atoms with Gasteiger partial charge in [0.2, 0.25) is 0 Å². The molecule has 2 bridgehead atoms. The molecular weight excluding hydrogens is 702 g/mol. The van der Waals surface area contributed by atoms with Crippen molar-refractivity contribution in [2.75, 3.05) is 13.1 Å². The van der Waals surface area contributed by atoms with Gasteiger partial charge in [-0.05, 0) is 100 Å². The van der Waals surface area contributed by atoms with E-state index in [1.807, 2.05) is 36.2 Å². The zero-order valence-corrected chi connectivity index (χ0v) is 31.9. The van der Waals surface area contributed by atoms with Gasteiger partial charge in [-0.25, -0.2) is 23.5 Å². The van der Waals surface area contributed by atoms with Crippen LogP contribution in [0.3, 0.4) is 0 Å². The number of fused-ring (bicyclic) bond motifs is 3. The van der Waals surface area contributed by atoms with Crippen LogP contribution in [0, 0.1) is 23.7 Å². The van der Waals surface area contributed by atoms with Crippen LogP contribution in [-0.2, 0) is 10.7 Å². The van der Waals surface area contributed by atoms with Crippen molar-refractivity contribution in [3.8, 4) is 17.1 Å². The number of carboxylic acid groups (broad SMARTS) is 1. The molecule has 0 spiro atoms. The van der Waals surface area contributed by atoms with Crippen molar-refractivity contribution in [3.05, 3.63) is 41.9 Å². The maximum absolute atomic E-state index is 15.4. The number of carbonyl (C=O) groups is 2. The fourth-order valence-electron chi connectivity index (χ4n) is 10.3. The lowest BCUT2D eigenvalue weighted by atomic mass is 9.56. The molecule has 3 saturated carbocycles. The number of likely N-dealkylation sites (tertiary alicyclic amines) is 1. The third-order valence-corrected chi connectivity index (χ3v) is 13.0. The van der Waals surface area contributed by atoms with E-state index in [1.165, 1.54) is 0 Å². The molecule has 3 aromatic rings. The van der Waals surface area contributed by atoms with Gasteiger partial charge in [0.05, 0.1) is 30.3 Å². The van der Waals surface area contributed by atoms with Gasteiger partial charge in [0, 0.05) is 48.4 Å². The number of carbonyl (C=O) groups excluding carboxylic acids is 1. The van der Waals surface area contributed by atoms with Crippen molar-refractivity contribution in [1.82, 2.24) is 24.8 Å². The molecule has 294 valence electrons. The average molecular weight is 756 g/mol. The highest BCUT2D eigenvalue weighted by Crippen LogP contribution is 2.50. The topological polar surface area (TPSA) is 110 Å². The number of carboxylic acids is 1. The Balaban J connectivity index is 1.18. The Kier molecular flexibility index (Phi) is 10.3. The molecule has 5 atom stereocenters. The van der Waals surface area contributed by atoms with E-state index < -0.39 is 40.5 Å². The highest BCUT2D eigenvalue weighted by molar-refractivity contribution is 6.00. The molecule has 1 aliphatic heterocycles. The highest BCUT2D eigenvalue weighted by Gasteiger charge is 2.57. The second-order valence-corrected chi connectivity index (χ2v) is 16.9. The van der Waals surface area contributed by atoms with E-state index in [1.54, 1.807) is 0 Å². The third kappa shape index (κ3) is 7.09. The number of amides is 1. The fourth-order valence-corrected chi connectivity index (χ4v) is 10.3. The molecule has 9 nitrogen and oxygen atoms in total. The summed E-state index contributed by atoms with van der Waals surface area (Å²) in [5, 5.41) is 14.1. The summed E-state index contributed by atoms with van der Waals surface area (Å²) in [6.07, 6.45) is 10.6. The quantitative estimate of drug-likeness (QED) is 0.188. The molecule has 4 aliphatic rings. The first-order valence-corrected chi connectivity index (χ1v) is 19.8. The van der Waals surface area contributed by atoms with Crippen LogP contribution in [0.4, 0.5) is 17.6 Å². The predicted molar refractivity (Wildman–Crippen MR) is 197 cm³/mol. The van der Waals surface area contributed by atoms with Crippen molar-refractivity contribution in [1.29, 1.82) is 0 Å². The zero-order chi connectivity index (χ0) is 38.7. The summed E-state index contributed by atoms with van der Waals surface area (Å²) in [5.74, 6) is -7.51. The van der Waals surface area contributed by atoms with Crippen molar-refractivity contribution < 1.29 is 37.0 Å². The molecule has 1 saturated heterocycles. The van der Waals surface area contributed by atoms with Crippen LogP contribution in [0.15, 0.2) is 30.6 Å². The number of alkyl halides is 4. The summed E-state index contributed by atoms with van der Waals surface area (Å²) in [4.78, 5) is 37.7. The lowest BCUT2D eigenvalue weighted by molar-refractivity contribution is -0.155. The Morgan fingerprint density at radius 3 is 2.39 bits per heavy atom. The minimum absolute atomic E-state index is 0.0317. The number of halogens is 4. The molecular formula is C41H53F4N5O4. The van der Waals surface area contributed by atoms with Crippen molar-refractivity contribution in [2.45, 2.75) is 134 Å². The van der Waals surface area contributed by atoms with Gasteiger partial charge >= 0.3 is 5.97 Å². The molecule has 2 N–H and O–H groups in total. The van der Waals surface area contributed by atoms with Gasteiger partial charge in [0.25, 0.3) is 17.8 Å². The second-order valence-electron chi connectivity index (χ2n) is 16.9. The van der Waals surface area contributed by atoms with Crippen LogP contribution >= 0.6 is 0 Å². The van der Waals surface area contributed by atoms with E-state index >= 15 is 8.78 Å². The first-order valence-electron chi connectivity index (χ1n) is 19.8. The van der Waals surface area contributed by atoms with Gasteiger partial charge in [-0.3, -0.25) is 9.69 Å². The number of nitrogens with one attached hydrogen (secondary N) is 1. The third-order valence-electron chi connectivity index (χ3n) is 13.0. The number of rotatable bonds is 11. The SMILES string of the molecule is CCC(CC)n1cc(-c2ncc(C(=O)NC3(C(=O)O)C(C)CC4CC(C)CC3C4)c(C(C)(F)F)n2)c2ccc(O[C@H]3CC[C@H](N4CC(F)(F)C4)CC3)cc21. The van der Waals surface area contributed by atoms with Crippen LogP contribution < -0.4 is 10.1 Å². The summed E-state index contributed by atoms with van der Waals surface area (Å²) in [6.45, 7) is 8.43. The number of benzene rings is 1. The molecule has 4 fully saturated rings. The summed E-state index contributed by atoms with van der Waals surface area (Å²) < 4.78 is 66.3. The Bertz CT molecular complexity index is 1870. The molecule has 54 heavy (non-hydrogen) atoms. The minimum atomic E-state index is -3.53. The van der Waals surface area contributed by atoms with Gasteiger partial charge in [-0.15, -0.1) is 0 Å². The molecule has 3 aliphatic carbocycles. The van der Waals surface area contributed by atoms with Crippen molar-refractivity contribution in [3.63, 3.8) is 0 Å². The van der Waals surface area contributed by atoms with E-state index in [0.717, 1.165) is 62.0 Å². The van der Waals surface area contributed by atoms with Gasteiger partial charge in [-0.2, -0.15) is 8.78 Å². The first kappa shape index (κ1) is 38.5. The predicted octanol–water partition coefficient (Wildman–Crippen LogP) is 8.86. The van der Waals surface area contributed by atoms with Gasteiger partial charge in [0.1, 0.15) is 17.0 Å². The van der Waals surface area contributed by atoms with Crippen LogP contribution in [0.2, 0.25) is 0 Å². The number of hydrogen-bond acceptors (Lipinski definition) is 6. The Morgan fingerprint density at radius 1 is 1.06 bits per heavy atom. The molecule has 1 amide bonds. The van der Waals surface area contributed by atoms with Gasteiger partial charge < -0.3 is 19.7 Å². The molecule has 13 heteroatoms. The van der Waals surface area contributed by atoms with E-state index in [0.29, 0.717) is 49.3 Å². The molecule has 1 aromatic carbocycles. The Morgan fingerprint density at radius 2 is 1.76 bits per heavy atom. The monoisotopic (exact) mass is 755 g/mol. The first-order chi connectivity index (χ1) is 25.5. The largest absolute Gasteiger partial charge is 0.490 e. The number of aromatic nitrogens is 3. The Labute approximate surface area is 314 Å². The molecule has 0 radical (unpaired) electrons. The van der Waals surface area contributed by atoms with Crippen LogP contribution in [0.1, 0.15) is 121 Å². The molecule has 5 unspecified atom stereocenters. The van der Waals surface area contributed by atoms with Crippen molar-refractivity contribution in [2.24, 2.45) is 23.7 Å². The smallest absolute Gasteiger partial charge is 0.329 e. The number of aliphatic carboxylic acids is 1. The molecule has 7 rings (SSSR count). The van der Waals surface area contributed by atoms with Crippen LogP contribution in [0.5, 0.6) is 5.75 Å². The van der Waals surface area contributed by atoms with Crippen molar-refractivity contribution >= 4 is 22.8 Å². The number of ether oxygens (including phenoxy) is 1. The van der Waals surface area contributed by atoms with E-state index in [-0.39, 0.29) is 48.9 Å². The normalized spacial score (nSPS) is 29.9. The number of hydrogen-bond donors (Lipinski definition) is 2. The molecule has 3 heterocycles. The summed E-state index contributed by atoms with van der Waals surface area (Å²) in [7, 11) is 0. The van der Waals surface area contributed by atoms with Crippen LogP contribution in [-0.4, -0.2) is 73.1 Å². The van der Waals surface area contributed by atoms with E-state index in [9.17, 15) is 23.5 Å². The second kappa shape index (κ2) is 14.4. The zero-order valence-electron chi connectivity index (χ0n) is 31.9. The highest BCUT2D eigenvalue weighted by atomic mass is 19.3. The maximum atomic E-state index is 15.4.